The number of aryl methyl sites for hydroxylation is 3. The first-order chi connectivity index (χ1) is 43.6. The van der Waals surface area contributed by atoms with Crippen molar-refractivity contribution in [3.8, 4) is 101 Å². The van der Waals surface area contributed by atoms with E-state index in [4.69, 9.17) is 19.9 Å². The zero-order valence-electron chi connectivity index (χ0n) is 54.5. The van der Waals surface area contributed by atoms with E-state index in [0.29, 0.717) is 0 Å². The monoisotopic (exact) mass is 1580 g/mol. The molecule has 0 amide bonds. The van der Waals surface area contributed by atoms with Crippen molar-refractivity contribution in [3.63, 3.8) is 0 Å². The SMILES string of the molecule is Cc1cnc(-c2[c-]c(-c3cccc4c3nc(-c3cc(C(C)(C)C)cc(C(C)(C)C)c3O)n4C)ccc2)cc1-c1ccc2ccccc2c1.Cn1c(-c2cccc(C(C)(C)C)c2O)nc2c(-c3[c-]c(-c4cc(-c5ccc6ccccc6c5)ccn4)ccc3)cccc21.[Pt].[Pt]. The Morgan fingerprint density at radius 3 is 1.40 bits per heavy atom. The quantitative estimate of drug-likeness (QED) is 0.147. The molecule has 0 fully saturated rings. The number of hydrogen-bond acceptors (Lipinski definition) is 6. The molecule has 4 heterocycles. The maximum atomic E-state index is 11.7. The molecule has 0 radical (unpaired) electrons. The number of aromatic hydroxyl groups is 2. The van der Waals surface area contributed by atoms with E-state index in [9.17, 15) is 10.2 Å². The van der Waals surface area contributed by atoms with Crippen molar-refractivity contribution in [2.45, 2.75) is 85.5 Å². The Bertz CT molecular complexity index is 5150. The number of imidazole rings is 2. The van der Waals surface area contributed by atoms with Crippen LogP contribution in [0.25, 0.3) is 133 Å². The minimum absolute atomic E-state index is 0. The first-order valence-electron chi connectivity index (χ1n) is 31.2. The fourth-order valence-corrected chi connectivity index (χ4v) is 12.5. The number of benzene rings is 10. The molecule has 8 nitrogen and oxygen atoms in total. The van der Waals surface area contributed by atoms with E-state index in [0.717, 1.165) is 123 Å². The standard InChI is InChI=1S/C44H42N3O.C39H32N3O.2Pt/c1-27-26-45-38(25-35(27)31-20-19-28-13-9-10-14-29(28)21-31)32-16-11-15-30(22-32)34-17-12-18-39-40(34)46-42(47(39)8)36-23-33(43(2,3)4)24-37(41(36)48)44(5,6)7;1-39(2,3)33-16-8-15-32(37(33)43)38-41-36-31(14-9-17-35(36)42(38)4)29-12-7-13-30(23-29)34-24-28(20-21-40-34)27-19-18-25-10-5-6-11-26(25)22-27;;/h9-21,23-26,48H,1-8H3;5-22,24,43H,1-4H3;;/q2*-1;;. The molecule has 10 aromatic carbocycles. The molecule has 0 spiro atoms. The number of hydrogen-bond donors (Lipinski definition) is 2. The summed E-state index contributed by atoms with van der Waals surface area (Å²) < 4.78 is 4.15. The number of phenols is 2. The average molecular weight is 1580 g/mol. The smallest absolute Gasteiger partial charge is 0.143 e. The fourth-order valence-electron chi connectivity index (χ4n) is 12.5. The molecule has 0 aliphatic rings. The molecule has 14 aromatic rings. The molecule has 0 aliphatic heterocycles. The summed E-state index contributed by atoms with van der Waals surface area (Å²) in [5, 5.41) is 27.8. The molecule has 0 bridgehead atoms. The van der Waals surface area contributed by atoms with Gasteiger partial charge in [0.2, 0.25) is 0 Å². The summed E-state index contributed by atoms with van der Waals surface area (Å²) in [5.74, 6) is 2.03. The normalized spacial score (nSPS) is 11.8. The summed E-state index contributed by atoms with van der Waals surface area (Å²) in [6.45, 7) is 21.5. The molecule has 14 rings (SSSR count). The molecule has 0 saturated carbocycles. The van der Waals surface area contributed by atoms with Crippen molar-refractivity contribution < 1.29 is 52.3 Å². The van der Waals surface area contributed by atoms with Gasteiger partial charge < -0.3 is 19.3 Å². The fraction of sp³-hybridized carbons (Fsp3) is 0.181. The van der Waals surface area contributed by atoms with Gasteiger partial charge in [-0.25, -0.2) is 9.97 Å². The molecule has 0 aliphatic carbocycles. The van der Waals surface area contributed by atoms with Gasteiger partial charge in [-0.05, 0) is 126 Å². The number of nitrogens with zero attached hydrogens (tertiary/aromatic N) is 6. The third kappa shape index (κ3) is 12.8. The predicted molar refractivity (Wildman–Crippen MR) is 377 cm³/mol. The molecule has 10 heteroatoms. The topological polar surface area (TPSA) is 102 Å². The van der Waals surface area contributed by atoms with E-state index < -0.39 is 0 Å². The second-order valence-corrected chi connectivity index (χ2v) is 27.1. The van der Waals surface area contributed by atoms with Gasteiger partial charge in [0.25, 0.3) is 0 Å². The van der Waals surface area contributed by atoms with Crippen LogP contribution in [-0.2, 0) is 72.5 Å². The third-order valence-electron chi connectivity index (χ3n) is 17.7. The minimum Gasteiger partial charge on any atom is -0.507 e. The number of phenolic OH excluding ortho intramolecular Hbond substituents is 2. The van der Waals surface area contributed by atoms with Gasteiger partial charge in [0.1, 0.15) is 23.1 Å². The van der Waals surface area contributed by atoms with Crippen LogP contribution < -0.4 is 0 Å². The summed E-state index contributed by atoms with van der Waals surface area (Å²) >= 11 is 0. The Balaban J connectivity index is 0.000000187. The molecule has 0 unspecified atom stereocenters. The summed E-state index contributed by atoms with van der Waals surface area (Å²) in [6.07, 6.45) is 3.82. The van der Waals surface area contributed by atoms with Crippen molar-refractivity contribution in [3.05, 3.63) is 253 Å². The predicted octanol–water partition coefficient (Wildman–Crippen LogP) is 20.8. The largest absolute Gasteiger partial charge is 0.507 e. The maximum Gasteiger partial charge on any atom is 0.143 e. The second kappa shape index (κ2) is 25.8. The number of fused-ring (bicyclic) bond motifs is 4. The van der Waals surface area contributed by atoms with Crippen LogP contribution in [-0.4, -0.2) is 39.3 Å². The molecule has 0 saturated heterocycles. The first-order valence-corrected chi connectivity index (χ1v) is 31.2. The summed E-state index contributed by atoms with van der Waals surface area (Å²) in [6, 6.07) is 78.7. The Morgan fingerprint density at radius 2 is 0.839 bits per heavy atom. The summed E-state index contributed by atoms with van der Waals surface area (Å²) in [7, 11) is 4.03. The van der Waals surface area contributed by atoms with Gasteiger partial charge in [0, 0.05) is 85.6 Å². The Hall–Kier alpha value is -9.06. The molecule has 4 aromatic heterocycles. The van der Waals surface area contributed by atoms with E-state index in [2.05, 4.69) is 266 Å². The van der Waals surface area contributed by atoms with Crippen LogP contribution in [0.2, 0.25) is 0 Å². The van der Waals surface area contributed by atoms with Gasteiger partial charge in [0.15, 0.2) is 0 Å². The second-order valence-electron chi connectivity index (χ2n) is 27.1. The molecule has 93 heavy (non-hydrogen) atoms. The number of pyridine rings is 2. The van der Waals surface area contributed by atoms with Crippen LogP contribution >= 0.6 is 0 Å². The van der Waals surface area contributed by atoms with Crippen LogP contribution in [0.5, 0.6) is 11.5 Å². The summed E-state index contributed by atoms with van der Waals surface area (Å²) in [5.41, 5.74) is 20.8. The van der Waals surface area contributed by atoms with E-state index in [1.54, 1.807) is 0 Å². The number of para-hydroxylation sites is 3. The van der Waals surface area contributed by atoms with Gasteiger partial charge in [-0.15, -0.1) is 59.7 Å². The van der Waals surface area contributed by atoms with Gasteiger partial charge in [-0.1, -0.05) is 212 Å². The van der Waals surface area contributed by atoms with Gasteiger partial charge in [-0.3, -0.25) is 9.97 Å². The number of aromatic nitrogens is 6. The molecule has 470 valence electrons. The van der Waals surface area contributed by atoms with Crippen molar-refractivity contribution in [1.29, 1.82) is 0 Å². The van der Waals surface area contributed by atoms with Gasteiger partial charge in [-0.2, -0.15) is 0 Å². The van der Waals surface area contributed by atoms with E-state index in [-0.39, 0.29) is 69.9 Å². The van der Waals surface area contributed by atoms with E-state index in [1.165, 1.54) is 32.7 Å². The van der Waals surface area contributed by atoms with Gasteiger partial charge >= 0.3 is 0 Å². The molecular weight excluding hydrogens is 1500 g/mol. The van der Waals surface area contributed by atoms with Crippen molar-refractivity contribution in [2.75, 3.05) is 0 Å². The van der Waals surface area contributed by atoms with Gasteiger partial charge in [0.05, 0.1) is 33.2 Å². The van der Waals surface area contributed by atoms with Crippen LogP contribution in [0.3, 0.4) is 0 Å². The first kappa shape index (κ1) is 65.4. The van der Waals surface area contributed by atoms with Crippen LogP contribution in [0, 0.1) is 19.1 Å². The zero-order chi connectivity index (χ0) is 63.7. The van der Waals surface area contributed by atoms with Crippen LogP contribution in [0.15, 0.2) is 219 Å². The Kier molecular flexibility index (Phi) is 18.1. The number of rotatable bonds is 8. The molecule has 0 atom stereocenters. The van der Waals surface area contributed by atoms with Crippen molar-refractivity contribution >= 4 is 43.6 Å². The Labute approximate surface area is 574 Å². The maximum absolute atomic E-state index is 11.7. The van der Waals surface area contributed by atoms with Crippen molar-refractivity contribution in [2.24, 2.45) is 14.1 Å². The molecule has 2 N–H and O–H groups in total. The summed E-state index contributed by atoms with van der Waals surface area (Å²) in [4.78, 5) is 19.9. The minimum atomic E-state index is -0.233. The van der Waals surface area contributed by atoms with Crippen LogP contribution in [0.4, 0.5) is 0 Å². The molecular formula is C83H74N6O2Pt2-2. The Morgan fingerprint density at radius 1 is 0.376 bits per heavy atom. The van der Waals surface area contributed by atoms with Crippen LogP contribution in [0.1, 0.15) is 84.6 Å². The van der Waals surface area contributed by atoms with Crippen molar-refractivity contribution in [1.82, 2.24) is 29.1 Å². The average Bonchev–Trinajstić information content (AvgIpc) is 1.61. The zero-order valence-corrected chi connectivity index (χ0v) is 59.0. The van der Waals surface area contributed by atoms with E-state index in [1.807, 2.05) is 56.8 Å². The van der Waals surface area contributed by atoms with E-state index >= 15 is 0 Å². The third-order valence-corrected chi connectivity index (χ3v) is 17.7.